The molecule has 5 rings (SSSR count). The summed E-state index contributed by atoms with van der Waals surface area (Å²) in [5, 5.41) is 10.5. The first-order valence-corrected chi connectivity index (χ1v) is 12.9. The van der Waals surface area contributed by atoms with E-state index in [0.717, 1.165) is 36.3 Å². The van der Waals surface area contributed by atoms with Gasteiger partial charge in [0.2, 0.25) is 0 Å². The highest BCUT2D eigenvalue weighted by atomic mass is 32.1. The third-order valence-electron chi connectivity index (χ3n) is 6.13. The van der Waals surface area contributed by atoms with Crippen molar-refractivity contribution in [3.63, 3.8) is 0 Å². The monoisotopic (exact) mass is 554 g/mol. The Morgan fingerprint density at radius 3 is 2.67 bits per heavy atom. The van der Waals surface area contributed by atoms with Crippen LogP contribution in [0, 0.1) is 11.8 Å². The number of hydrogen-bond acceptors (Lipinski definition) is 8. The van der Waals surface area contributed by atoms with Gasteiger partial charge in [0.1, 0.15) is 11.5 Å². The summed E-state index contributed by atoms with van der Waals surface area (Å²) in [5.41, 5.74) is 0.473. The molecule has 0 spiro atoms. The van der Waals surface area contributed by atoms with Crippen LogP contribution < -0.4 is 15.5 Å². The average molecular weight is 555 g/mol. The molecule has 1 amide bonds. The summed E-state index contributed by atoms with van der Waals surface area (Å²) in [6, 6.07) is 7.40. The highest BCUT2D eigenvalue weighted by molar-refractivity contribution is 7.16. The van der Waals surface area contributed by atoms with Crippen LogP contribution >= 0.6 is 11.3 Å². The molecule has 4 aromatic rings. The zero-order chi connectivity index (χ0) is 27.6. The van der Waals surface area contributed by atoms with Crippen molar-refractivity contribution in [1.29, 1.82) is 0 Å². The molecule has 2 N–H and O–H groups in total. The van der Waals surface area contributed by atoms with E-state index in [1.54, 1.807) is 10.7 Å². The predicted molar refractivity (Wildman–Crippen MR) is 143 cm³/mol. The van der Waals surface area contributed by atoms with Crippen molar-refractivity contribution in [2.24, 2.45) is 0 Å². The van der Waals surface area contributed by atoms with E-state index in [4.69, 9.17) is 0 Å². The molecule has 202 valence electrons. The van der Waals surface area contributed by atoms with Crippen molar-refractivity contribution in [2.45, 2.75) is 12.7 Å². The van der Waals surface area contributed by atoms with Gasteiger partial charge in [-0.3, -0.25) is 15.0 Å². The molecule has 4 heterocycles. The number of halogens is 3. The van der Waals surface area contributed by atoms with E-state index < -0.39 is 17.6 Å². The number of alkyl halides is 3. The number of nitrogens with one attached hydrogen (secondary N) is 2. The summed E-state index contributed by atoms with van der Waals surface area (Å²) in [7, 11) is 3.77. The quantitative estimate of drug-likeness (QED) is 0.366. The van der Waals surface area contributed by atoms with Crippen LogP contribution in [0.1, 0.15) is 32.1 Å². The number of imidazole rings is 1. The van der Waals surface area contributed by atoms with Crippen molar-refractivity contribution in [1.82, 2.24) is 29.8 Å². The van der Waals surface area contributed by atoms with Gasteiger partial charge < -0.3 is 10.2 Å². The number of rotatable bonds is 5. The number of piperazine rings is 1. The van der Waals surface area contributed by atoms with Crippen molar-refractivity contribution in [3.8, 4) is 11.8 Å². The Morgan fingerprint density at radius 2 is 1.92 bits per heavy atom. The molecule has 1 aliphatic rings. The number of hydrogen-bond donors (Lipinski definition) is 2. The SMILES string of the molecule is CN(C)c1ccc2ncc(C#Cc3cnc(NC(=O)c4ccc(CN5CCNCC5)c(C(F)(F)F)c4)s3)n2n1. The number of amides is 1. The van der Waals surface area contributed by atoms with Gasteiger partial charge in [-0.2, -0.15) is 13.2 Å². The van der Waals surface area contributed by atoms with Gasteiger partial charge in [-0.05, 0) is 41.7 Å². The number of carbonyl (C=O) groups excluding carboxylic acids is 1. The van der Waals surface area contributed by atoms with Crippen LogP contribution in [0.15, 0.2) is 42.7 Å². The van der Waals surface area contributed by atoms with Crippen LogP contribution in [0.5, 0.6) is 0 Å². The van der Waals surface area contributed by atoms with E-state index in [1.165, 1.54) is 18.3 Å². The van der Waals surface area contributed by atoms with Gasteiger partial charge in [0.25, 0.3) is 5.91 Å². The number of thiazole rings is 1. The van der Waals surface area contributed by atoms with Gasteiger partial charge in [0.05, 0.1) is 22.8 Å². The van der Waals surface area contributed by atoms with Gasteiger partial charge in [-0.15, -0.1) is 5.10 Å². The molecule has 13 heteroatoms. The molecule has 0 atom stereocenters. The summed E-state index contributed by atoms with van der Waals surface area (Å²) < 4.78 is 43.1. The zero-order valence-electron chi connectivity index (χ0n) is 21.2. The second-order valence-electron chi connectivity index (χ2n) is 9.13. The molecule has 0 saturated carbocycles. The maximum absolute atomic E-state index is 13.8. The summed E-state index contributed by atoms with van der Waals surface area (Å²) in [6.07, 6.45) is -1.47. The highest BCUT2D eigenvalue weighted by Gasteiger charge is 2.34. The Bertz CT molecular complexity index is 1560. The maximum atomic E-state index is 13.8. The van der Waals surface area contributed by atoms with Crippen LogP contribution in [-0.2, 0) is 12.7 Å². The lowest BCUT2D eigenvalue weighted by molar-refractivity contribution is -0.138. The number of benzene rings is 1. The Morgan fingerprint density at radius 1 is 1.13 bits per heavy atom. The first-order chi connectivity index (χ1) is 18.7. The van der Waals surface area contributed by atoms with Crippen LogP contribution in [0.25, 0.3) is 5.65 Å². The van der Waals surface area contributed by atoms with Crippen molar-refractivity contribution in [3.05, 3.63) is 70.0 Å². The first-order valence-electron chi connectivity index (χ1n) is 12.1. The number of fused-ring (bicyclic) bond motifs is 1. The van der Waals surface area contributed by atoms with Crippen LogP contribution in [0.2, 0.25) is 0 Å². The van der Waals surface area contributed by atoms with Crippen LogP contribution in [0.4, 0.5) is 24.1 Å². The summed E-state index contributed by atoms with van der Waals surface area (Å²) in [5.74, 6) is 6.06. The Balaban J connectivity index is 1.31. The molecule has 0 unspecified atom stereocenters. The molecular formula is C26H25F3N8OS. The third kappa shape index (κ3) is 6.19. The minimum atomic E-state index is -4.58. The van der Waals surface area contributed by atoms with Gasteiger partial charge in [-0.1, -0.05) is 17.4 Å². The normalized spacial score (nSPS) is 14.2. The van der Waals surface area contributed by atoms with Gasteiger partial charge >= 0.3 is 6.18 Å². The van der Waals surface area contributed by atoms with E-state index in [2.05, 4.69) is 37.5 Å². The highest BCUT2D eigenvalue weighted by Crippen LogP contribution is 2.33. The minimum absolute atomic E-state index is 0.0947. The number of aromatic nitrogens is 4. The van der Waals surface area contributed by atoms with Crippen molar-refractivity contribution in [2.75, 3.05) is 50.5 Å². The molecule has 1 aliphatic heterocycles. The number of anilines is 2. The van der Waals surface area contributed by atoms with Gasteiger partial charge in [-0.25, -0.2) is 14.5 Å². The summed E-state index contributed by atoms with van der Waals surface area (Å²) in [4.78, 5) is 25.6. The molecule has 9 nitrogen and oxygen atoms in total. The smallest absolute Gasteiger partial charge is 0.361 e. The number of carbonyl (C=O) groups is 1. The Hall–Kier alpha value is -3.99. The lowest BCUT2D eigenvalue weighted by atomic mass is 10.0. The van der Waals surface area contributed by atoms with Crippen LogP contribution in [-0.4, -0.2) is 70.7 Å². The molecule has 3 aromatic heterocycles. The van der Waals surface area contributed by atoms with E-state index in [0.29, 0.717) is 29.3 Å². The van der Waals surface area contributed by atoms with E-state index in [-0.39, 0.29) is 22.8 Å². The second-order valence-corrected chi connectivity index (χ2v) is 10.2. The number of nitrogens with zero attached hydrogens (tertiary/aromatic N) is 6. The second kappa shape index (κ2) is 11.0. The first kappa shape index (κ1) is 26.6. The van der Waals surface area contributed by atoms with E-state index >= 15 is 0 Å². The fourth-order valence-corrected chi connectivity index (χ4v) is 4.77. The fraction of sp³-hybridized carbons (Fsp3) is 0.308. The molecule has 1 saturated heterocycles. The lowest BCUT2D eigenvalue weighted by Crippen LogP contribution is -2.43. The zero-order valence-corrected chi connectivity index (χ0v) is 22.0. The van der Waals surface area contributed by atoms with E-state index in [9.17, 15) is 18.0 Å². The molecule has 0 bridgehead atoms. The Kier molecular flexibility index (Phi) is 7.51. The largest absolute Gasteiger partial charge is 0.416 e. The fourth-order valence-electron chi connectivity index (χ4n) is 4.10. The maximum Gasteiger partial charge on any atom is 0.416 e. The van der Waals surface area contributed by atoms with Gasteiger partial charge in [0, 0.05) is 52.4 Å². The Labute approximate surface area is 226 Å². The van der Waals surface area contributed by atoms with Crippen molar-refractivity contribution >= 4 is 33.8 Å². The topological polar surface area (TPSA) is 90.7 Å². The van der Waals surface area contributed by atoms with Crippen molar-refractivity contribution < 1.29 is 18.0 Å². The minimum Gasteiger partial charge on any atom is -0.361 e. The average Bonchev–Trinajstić information content (AvgIpc) is 3.53. The molecule has 1 aromatic carbocycles. The molecule has 1 fully saturated rings. The van der Waals surface area contributed by atoms with Gasteiger partial charge in [0.15, 0.2) is 10.8 Å². The lowest BCUT2D eigenvalue weighted by Gasteiger charge is -2.28. The molecule has 39 heavy (non-hydrogen) atoms. The summed E-state index contributed by atoms with van der Waals surface area (Å²) >= 11 is 1.12. The predicted octanol–water partition coefficient (Wildman–Crippen LogP) is 3.33. The standard InChI is InChI=1S/C26H25F3N8OS/c1-35(2)23-8-7-22-31-14-19(37(22)34-23)5-6-20-15-32-25(39-20)33-24(38)17-3-4-18(21(13-17)26(27,28)29)16-36-11-9-30-10-12-36/h3-4,7-8,13-15,30H,9-12,16H2,1-2H3,(H,32,33,38). The third-order valence-corrected chi connectivity index (χ3v) is 6.96. The molecular weight excluding hydrogens is 529 g/mol. The van der Waals surface area contributed by atoms with Crippen LogP contribution in [0.3, 0.4) is 0 Å². The molecule has 0 aliphatic carbocycles. The summed E-state index contributed by atoms with van der Waals surface area (Å²) in [6.45, 7) is 2.97. The molecule has 0 radical (unpaired) electrons. The van der Waals surface area contributed by atoms with E-state index in [1.807, 2.05) is 36.0 Å².